The molecule has 208 valence electrons. The largest absolute Gasteiger partial charge is 0.497 e. The number of rotatable bonds is 11. The third kappa shape index (κ3) is 6.99. The zero-order valence-electron chi connectivity index (χ0n) is 23.3. The maximum atomic E-state index is 15.1. The highest BCUT2D eigenvalue weighted by molar-refractivity contribution is 5.71. The number of hydrogen-bond donors (Lipinski definition) is 1. The van der Waals surface area contributed by atoms with E-state index in [1.807, 2.05) is 36.4 Å². The summed E-state index contributed by atoms with van der Waals surface area (Å²) in [5, 5.41) is 9.34. The Morgan fingerprint density at radius 1 is 1.10 bits per heavy atom. The van der Waals surface area contributed by atoms with Crippen molar-refractivity contribution in [2.75, 3.05) is 13.7 Å². The first kappa shape index (κ1) is 28.6. The van der Waals surface area contributed by atoms with Gasteiger partial charge < -0.3 is 19.3 Å². The molecule has 1 heterocycles. The predicted octanol–water partition coefficient (Wildman–Crippen LogP) is 8.32. The van der Waals surface area contributed by atoms with Crippen LogP contribution in [-0.2, 0) is 16.1 Å². The minimum Gasteiger partial charge on any atom is -0.497 e. The quantitative estimate of drug-likeness (QED) is 0.268. The molecule has 0 unspecified atom stereocenters. The van der Waals surface area contributed by atoms with Gasteiger partial charge in [-0.3, -0.25) is 4.79 Å². The van der Waals surface area contributed by atoms with Gasteiger partial charge in [-0.25, -0.2) is 4.39 Å². The van der Waals surface area contributed by atoms with Crippen molar-refractivity contribution in [2.24, 2.45) is 5.41 Å². The number of halogens is 1. The van der Waals surface area contributed by atoms with E-state index in [0.717, 1.165) is 47.9 Å². The van der Waals surface area contributed by atoms with Crippen molar-refractivity contribution < 1.29 is 28.5 Å². The number of benzene rings is 3. The van der Waals surface area contributed by atoms with Gasteiger partial charge in [0.25, 0.3) is 0 Å². The molecule has 5 nitrogen and oxygen atoms in total. The van der Waals surface area contributed by atoms with E-state index in [4.69, 9.17) is 14.2 Å². The van der Waals surface area contributed by atoms with Crippen molar-refractivity contribution in [3.05, 3.63) is 83.2 Å². The first-order chi connectivity index (χ1) is 18.7. The summed E-state index contributed by atoms with van der Waals surface area (Å²) >= 11 is 0. The molecule has 1 saturated heterocycles. The van der Waals surface area contributed by atoms with Gasteiger partial charge >= 0.3 is 5.97 Å². The van der Waals surface area contributed by atoms with Gasteiger partial charge in [-0.05, 0) is 89.2 Å². The number of aliphatic carboxylic acids is 1. The molecule has 39 heavy (non-hydrogen) atoms. The standard InChI is InChI=1S/C33H39FO5/c1-5-8-23(19-31(35)36)24-9-6-10-26(18-24)39-21-22-11-13-27(28-20-25(37-4)12-14-30(28)34)29(17-22)32-33(2,3)15-7-16-38-32/h6,9-14,17-18,20,23,32H,5,7-8,15-16,19,21H2,1-4H3,(H,35,36)/t23-,32+/m0/s1. The third-order valence-corrected chi connectivity index (χ3v) is 7.62. The van der Waals surface area contributed by atoms with Gasteiger partial charge in [0.15, 0.2) is 0 Å². The second-order valence-corrected chi connectivity index (χ2v) is 11.1. The normalized spacial score (nSPS) is 17.4. The molecule has 0 radical (unpaired) electrons. The van der Waals surface area contributed by atoms with Crippen LogP contribution in [0.15, 0.2) is 60.7 Å². The van der Waals surface area contributed by atoms with Crippen molar-refractivity contribution in [3.8, 4) is 22.6 Å². The Morgan fingerprint density at radius 2 is 1.92 bits per heavy atom. The van der Waals surface area contributed by atoms with Crippen LogP contribution in [0, 0.1) is 11.2 Å². The highest BCUT2D eigenvalue weighted by Gasteiger charge is 2.36. The number of hydrogen-bond acceptors (Lipinski definition) is 4. The molecule has 3 aromatic carbocycles. The first-order valence-electron chi connectivity index (χ1n) is 13.7. The molecule has 2 atom stereocenters. The average Bonchev–Trinajstić information content (AvgIpc) is 2.92. The molecular formula is C33H39FO5. The topological polar surface area (TPSA) is 65.0 Å². The Hall–Kier alpha value is -3.38. The summed E-state index contributed by atoms with van der Waals surface area (Å²) in [5.74, 6) is 0.128. The minimum absolute atomic E-state index is 0.0506. The molecule has 1 fully saturated rings. The third-order valence-electron chi connectivity index (χ3n) is 7.62. The first-order valence-corrected chi connectivity index (χ1v) is 13.7. The molecule has 4 rings (SSSR count). The van der Waals surface area contributed by atoms with Gasteiger partial charge in [0.05, 0.1) is 19.6 Å². The highest BCUT2D eigenvalue weighted by Crippen LogP contribution is 2.47. The smallest absolute Gasteiger partial charge is 0.303 e. The second-order valence-electron chi connectivity index (χ2n) is 11.1. The Bertz CT molecular complexity index is 1280. The van der Waals surface area contributed by atoms with Crippen LogP contribution in [0.5, 0.6) is 11.5 Å². The molecule has 0 saturated carbocycles. The summed E-state index contributed by atoms with van der Waals surface area (Å²) in [4.78, 5) is 11.4. The van der Waals surface area contributed by atoms with E-state index in [9.17, 15) is 9.90 Å². The fourth-order valence-corrected chi connectivity index (χ4v) is 5.57. The SMILES string of the molecule is CCC[C@@H](CC(=O)O)c1cccc(OCc2ccc(-c3cc(OC)ccc3F)c([C@H]3OCCCC3(C)C)c2)c1. The second kappa shape index (κ2) is 12.6. The van der Waals surface area contributed by atoms with Crippen molar-refractivity contribution in [1.29, 1.82) is 0 Å². The van der Waals surface area contributed by atoms with Crippen molar-refractivity contribution in [3.63, 3.8) is 0 Å². The van der Waals surface area contributed by atoms with Crippen LogP contribution in [-0.4, -0.2) is 24.8 Å². The summed E-state index contributed by atoms with van der Waals surface area (Å²) in [6.07, 6.45) is 3.62. The van der Waals surface area contributed by atoms with E-state index in [1.165, 1.54) is 6.07 Å². The van der Waals surface area contributed by atoms with Gasteiger partial charge in [-0.15, -0.1) is 0 Å². The molecule has 0 amide bonds. The van der Waals surface area contributed by atoms with Crippen molar-refractivity contribution in [1.82, 2.24) is 0 Å². The van der Waals surface area contributed by atoms with E-state index >= 15 is 4.39 Å². The molecule has 0 spiro atoms. The molecule has 6 heteroatoms. The number of carboxylic acid groups (broad SMARTS) is 1. The summed E-state index contributed by atoms with van der Waals surface area (Å²) in [7, 11) is 1.58. The number of carbonyl (C=O) groups is 1. The lowest BCUT2D eigenvalue weighted by molar-refractivity contribution is -0.137. The van der Waals surface area contributed by atoms with Crippen molar-refractivity contribution >= 4 is 5.97 Å². The van der Waals surface area contributed by atoms with E-state index in [2.05, 4.69) is 26.8 Å². The van der Waals surface area contributed by atoms with Crippen molar-refractivity contribution in [2.45, 2.75) is 71.5 Å². The lowest BCUT2D eigenvalue weighted by Crippen LogP contribution is -2.30. The van der Waals surface area contributed by atoms with Gasteiger partial charge in [-0.1, -0.05) is 51.5 Å². The van der Waals surface area contributed by atoms with Crippen LogP contribution in [0.3, 0.4) is 0 Å². The summed E-state index contributed by atoms with van der Waals surface area (Å²) in [6.45, 7) is 7.44. The van der Waals surface area contributed by atoms with Gasteiger partial charge in [0.1, 0.15) is 23.9 Å². The average molecular weight is 535 g/mol. The van der Waals surface area contributed by atoms with Crippen LogP contribution in [0.1, 0.15) is 81.6 Å². The lowest BCUT2D eigenvalue weighted by Gasteiger charge is -2.39. The zero-order chi connectivity index (χ0) is 28.0. The fourth-order valence-electron chi connectivity index (χ4n) is 5.57. The van der Waals surface area contributed by atoms with Crippen LogP contribution in [0.25, 0.3) is 11.1 Å². The van der Waals surface area contributed by atoms with Gasteiger partial charge in [0.2, 0.25) is 0 Å². The van der Waals surface area contributed by atoms with E-state index in [-0.39, 0.29) is 29.7 Å². The number of carboxylic acids is 1. The molecule has 0 bridgehead atoms. The maximum Gasteiger partial charge on any atom is 0.303 e. The summed E-state index contributed by atoms with van der Waals surface area (Å²) in [5.41, 5.74) is 4.00. The van der Waals surface area contributed by atoms with E-state index < -0.39 is 5.97 Å². The summed E-state index contributed by atoms with van der Waals surface area (Å²) in [6, 6.07) is 18.5. The molecule has 3 aromatic rings. The van der Waals surface area contributed by atoms with Crippen LogP contribution >= 0.6 is 0 Å². The van der Waals surface area contributed by atoms with E-state index in [0.29, 0.717) is 30.3 Å². The highest BCUT2D eigenvalue weighted by atomic mass is 19.1. The molecule has 1 aliphatic heterocycles. The monoisotopic (exact) mass is 534 g/mol. The predicted molar refractivity (Wildman–Crippen MR) is 151 cm³/mol. The van der Waals surface area contributed by atoms with E-state index in [1.54, 1.807) is 19.2 Å². The fraction of sp³-hybridized carbons (Fsp3) is 0.424. The molecular weight excluding hydrogens is 495 g/mol. The van der Waals surface area contributed by atoms with Crippen LogP contribution in [0.4, 0.5) is 4.39 Å². The Kier molecular flexibility index (Phi) is 9.28. The Morgan fingerprint density at radius 3 is 2.64 bits per heavy atom. The minimum atomic E-state index is -0.798. The maximum absolute atomic E-state index is 15.1. The van der Waals surface area contributed by atoms with Gasteiger partial charge in [-0.2, -0.15) is 0 Å². The Balaban J connectivity index is 1.65. The Labute approximate surface area is 230 Å². The molecule has 1 aliphatic rings. The van der Waals surface area contributed by atoms with Crippen LogP contribution in [0.2, 0.25) is 0 Å². The van der Waals surface area contributed by atoms with Gasteiger partial charge in [0, 0.05) is 12.2 Å². The zero-order valence-corrected chi connectivity index (χ0v) is 23.3. The molecule has 0 aromatic heterocycles. The van der Waals surface area contributed by atoms with Crippen LogP contribution < -0.4 is 9.47 Å². The molecule has 1 N–H and O–H groups in total. The number of methoxy groups -OCH3 is 1. The number of ether oxygens (including phenoxy) is 3. The molecule has 0 aliphatic carbocycles. The lowest BCUT2D eigenvalue weighted by atomic mass is 9.75. The summed E-state index contributed by atoms with van der Waals surface area (Å²) < 4.78 is 33.0.